The minimum atomic E-state index is -0.520. The molecular weight excluding hydrogens is 461 g/mol. The highest BCUT2D eigenvalue weighted by atomic mass is 35.5. The first-order valence-electron chi connectivity index (χ1n) is 9.96. The molecule has 1 aromatic heterocycles. The number of rotatable bonds is 6. The van der Waals surface area contributed by atoms with Gasteiger partial charge >= 0.3 is 6.03 Å². The first-order chi connectivity index (χ1) is 15.9. The van der Waals surface area contributed by atoms with Gasteiger partial charge in [0.2, 0.25) is 5.91 Å². The number of carbonyl (C=O) groups is 2. The Balaban J connectivity index is 1.69. The zero-order valence-corrected chi connectivity index (χ0v) is 18.8. The van der Waals surface area contributed by atoms with Gasteiger partial charge in [-0.05, 0) is 29.8 Å². The summed E-state index contributed by atoms with van der Waals surface area (Å²) in [5, 5.41) is 10.8. The van der Waals surface area contributed by atoms with Gasteiger partial charge in [0.25, 0.3) is 0 Å². The van der Waals surface area contributed by atoms with Crippen molar-refractivity contribution in [3.05, 3.63) is 94.5 Å². The summed E-state index contributed by atoms with van der Waals surface area (Å²) in [5.41, 5.74) is 8.65. The third-order valence-electron chi connectivity index (χ3n) is 4.75. The van der Waals surface area contributed by atoms with Crippen molar-refractivity contribution in [2.75, 3.05) is 10.6 Å². The van der Waals surface area contributed by atoms with Crippen molar-refractivity contribution in [1.82, 2.24) is 9.78 Å². The normalized spacial score (nSPS) is 10.6. The number of benzene rings is 3. The van der Waals surface area contributed by atoms with Crippen LogP contribution in [-0.2, 0) is 11.2 Å². The van der Waals surface area contributed by atoms with Crippen molar-refractivity contribution in [2.24, 2.45) is 5.73 Å². The van der Waals surface area contributed by atoms with E-state index in [2.05, 4.69) is 15.7 Å². The van der Waals surface area contributed by atoms with Crippen LogP contribution in [0, 0.1) is 0 Å². The van der Waals surface area contributed by atoms with Crippen LogP contribution in [0.4, 0.5) is 16.3 Å². The zero-order chi connectivity index (χ0) is 23.4. The van der Waals surface area contributed by atoms with Crippen LogP contribution >= 0.6 is 23.2 Å². The van der Waals surface area contributed by atoms with Gasteiger partial charge in [-0.15, -0.1) is 0 Å². The van der Waals surface area contributed by atoms with E-state index in [9.17, 15) is 9.59 Å². The number of hydrogen-bond acceptors (Lipinski definition) is 3. The average Bonchev–Trinajstić information content (AvgIpc) is 3.21. The molecule has 33 heavy (non-hydrogen) atoms. The zero-order valence-electron chi connectivity index (χ0n) is 17.3. The molecule has 4 rings (SSSR count). The van der Waals surface area contributed by atoms with Gasteiger partial charge in [0, 0.05) is 11.6 Å². The third-order valence-corrected chi connectivity index (χ3v) is 5.57. The van der Waals surface area contributed by atoms with Gasteiger partial charge in [0.1, 0.15) is 5.82 Å². The van der Waals surface area contributed by atoms with Crippen LogP contribution in [0.15, 0.2) is 78.9 Å². The summed E-state index contributed by atoms with van der Waals surface area (Å²) >= 11 is 12.2. The molecule has 0 unspecified atom stereocenters. The number of anilines is 2. The van der Waals surface area contributed by atoms with Crippen LogP contribution in [-0.4, -0.2) is 21.7 Å². The number of nitrogens with zero attached hydrogens (tertiary/aromatic N) is 2. The van der Waals surface area contributed by atoms with Gasteiger partial charge in [0.15, 0.2) is 0 Å². The molecule has 0 aliphatic heterocycles. The molecule has 166 valence electrons. The van der Waals surface area contributed by atoms with Gasteiger partial charge in [-0.25, -0.2) is 9.48 Å². The molecule has 0 radical (unpaired) electrons. The fraction of sp³-hybridized carbons (Fsp3) is 0.0417. The Morgan fingerprint density at radius 2 is 1.67 bits per heavy atom. The largest absolute Gasteiger partial charge is 0.369 e. The SMILES string of the molecule is NC(=O)Cc1cccc(-n2nc(-c3ccccc3)cc2NC(=O)Nc2cccc(Cl)c2Cl)c1. The Morgan fingerprint density at radius 1 is 0.909 bits per heavy atom. The summed E-state index contributed by atoms with van der Waals surface area (Å²) in [4.78, 5) is 24.1. The monoisotopic (exact) mass is 479 g/mol. The Kier molecular flexibility index (Phi) is 6.63. The van der Waals surface area contributed by atoms with Crippen molar-refractivity contribution >= 4 is 46.6 Å². The van der Waals surface area contributed by atoms with E-state index in [1.54, 1.807) is 47.1 Å². The van der Waals surface area contributed by atoms with Crippen LogP contribution in [0.5, 0.6) is 0 Å². The molecule has 0 fully saturated rings. The fourth-order valence-corrected chi connectivity index (χ4v) is 3.63. The molecule has 1 heterocycles. The number of hydrogen-bond donors (Lipinski definition) is 3. The Morgan fingerprint density at radius 3 is 2.42 bits per heavy atom. The molecule has 0 saturated carbocycles. The molecule has 0 aliphatic rings. The van der Waals surface area contributed by atoms with Gasteiger partial charge in [-0.2, -0.15) is 5.10 Å². The Labute approximate surface area is 200 Å². The van der Waals surface area contributed by atoms with Gasteiger partial charge in [0.05, 0.1) is 33.5 Å². The predicted octanol–water partition coefficient (Wildman–Crippen LogP) is 5.52. The van der Waals surface area contributed by atoms with Crippen LogP contribution in [0.3, 0.4) is 0 Å². The number of amides is 3. The molecule has 0 atom stereocenters. The standard InChI is InChI=1S/C24H19Cl2N5O2/c25-18-10-5-11-19(23(18)26)28-24(33)29-22-14-20(16-7-2-1-3-8-16)30-31(22)17-9-4-6-15(12-17)13-21(27)32/h1-12,14H,13H2,(H2,27,32)(H2,28,29,33). The second-order valence-electron chi connectivity index (χ2n) is 7.19. The highest BCUT2D eigenvalue weighted by Gasteiger charge is 2.16. The smallest absolute Gasteiger partial charge is 0.324 e. The van der Waals surface area contributed by atoms with Crippen LogP contribution in [0.1, 0.15) is 5.56 Å². The summed E-state index contributed by atoms with van der Waals surface area (Å²) in [6.07, 6.45) is 0.0944. The summed E-state index contributed by atoms with van der Waals surface area (Å²) < 4.78 is 1.59. The molecule has 0 saturated heterocycles. The van der Waals surface area contributed by atoms with Crippen LogP contribution in [0.25, 0.3) is 16.9 Å². The summed E-state index contributed by atoms with van der Waals surface area (Å²) in [6.45, 7) is 0. The quantitative estimate of drug-likeness (QED) is 0.339. The maximum atomic E-state index is 12.8. The number of nitrogens with one attached hydrogen (secondary N) is 2. The summed E-state index contributed by atoms with van der Waals surface area (Å²) in [7, 11) is 0. The molecule has 7 nitrogen and oxygen atoms in total. The number of primary amides is 1. The summed E-state index contributed by atoms with van der Waals surface area (Å²) in [5.74, 6) is -0.0190. The summed E-state index contributed by atoms with van der Waals surface area (Å²) in [6, 6.07) is 23.0. The van der Waals surface area contributed by atoms with E-state index in [0.29, 0.717) is 27.9 Å². The minimum absolute atomic E-state index is 0.0944. The number of nitrogens with two attached hydrogens (primary N) is 1. The lowest BCUT2D eigenvalue weighted by Gasteiger charge is -2.12. The van der Waals surface area contributed by atoms with Crippen molar-refractivity contribution in [1.29, 1.82) is 0 Å². The maximum absolute atomic E-state index is 12.8. The van der Waals surface area contributed by atoms with E-state index in [4.69, 9.17) is 28.9 Å². The van der Waals surface area contributed by atoms with Gasteiger partial charge in [-0.1, -0.05) is 71.7 Å². The lowest BCUT2D eigenvalue weighted by atomic mass is 10.1. The molecule has 3 aromatic carbocycles. The molecule has 0 aliphatic carbocycles. The average molecular weight is 480 g/mol. The lowest BCUT2D eigenvalue weighted by Crippen LogP contribution is -2.21. The van der Waals surface area contributed by atoms with Crippen molar-refractivity contribution in [2.45, 2.75) is 6.42 Å². The predicted molar refractivity (Wildman–Crippen MR) is 131 cm³/mol. The van der Waals surface area contributed by atoms with Crippen LogP contribution in [0.2, 0.25) is 10.0 Å². The van der Waals surface area contributed by atoms with E-state index in [1.807, 2.05) is 36.4 Å². The molecule has 3 amide bonds. The lowest BCUT2D eigenvalue weighted by molar-refractivity contribution is -0.117. The molecule has 4 aromatic rings. The topological polar surface area (TPSA) is 102 Å². The number of aromatic nitrogens is 2. The van der Waals surface area contributed by atoms with Crippen molar-refractivity contribution in [3.63, 3.8) is 0 Å². The minimum Gasteiger partial charge on any atom is -0.369 e. The van der Waals surface area contributed by atoms with Gasteiger partial charge in [-0.3, -0.25) is 10.1 Å². The Hall–Kier alpha value is -3.81. The highest BCUT2D eigenvalue weighted by molar-refractivity contribution is 6.44. The highest BCUT2D eigenvalue weighted by Crippen LogP contribution is 2.30. The van der Waals surface area contributed by atoms with Gasteiger partial charge < -0.3 is 11.1 Å². The van der Waals surface area contributed by atoms with E-state index in [1.165, 1.54) is 0 Å². The van der Waals surface area contributed by atoms with Crippen LogP contribution < -0.4 is 16.4 Å². The molecule has 9 heteroatoms. The first kappa shape index (κ1) is 22.4. The maximum Gasteiger partial charge on any atom is 0.324 e. The van der Waals surface area contributed by atoms with Crippen molar-refractivity contribution < 1.29 is 9.59 Å². The molecule has 0 bridgehead atoms. The molecule has 0 spiro atoms. The van der Waals surface area contributed by atoms with E-state index in [-0.39, 0.29) is 11.4 Å². The number of carbonyl (C=O) groups excluding carboxylic acids is 2. The number of halogens is 2. The number of urea groups is 1. The van der Waals surface area contributed by atoms with Crippen molar-refractivity contribution in [3.8, 4) is 16.9 Å². The van der Waals surface area contributed by atoms with E-state index in [0.717, 1.165) is 11.1 Å². The molecule has 4 N–H and O–H groups in total. The van der Waals surface area contributed by atoms with E-state index < -0.39 is 11.9 Å². The second kappa shape index (κ2) is 9.77. The Bertz CT molecular complexity index is 1320. The first-order valence-corrected chi connectivity index (χ1v) is 10.7. The second-order valence-corrected chi connectivity index (χ2v) is 7.97. The van der Waals surface area contributed by atoms with E-state index >= 15 is 0 Å². The third kappa shape index (κ3) is 5.34. The fourth-order valence-electron chi connectivity index (χ4n) is 3.29. The molecular formula is C24H19Cl2N5O2.